The third-order valence-corrected chi connectivity index (χ3v) is 5.74. The zero-order valence-electron chi connectivity index (χ0n) is 15.2. The average molecular weight is 366 g/mol. The van der Waals surface area contributed by atoms with Crippen LogP contribution in [0.15, 0.2) is 42.6 Å². The highest BCUT2D eigenvalue weighted by Crippen LogP contribution is 2.34. The van der Waals surface area contributed by atoms with Crippen LogP contribution in [0.25, 0.3) is 10.7 Å². The molecular formula is C20H22N4OS. The van der Waals surface area contributed by atoms with Crippen molar-refractivity contribution in [2.45, 2.75) is 32.9 Å². The Morgan fingerprint density at radius 3 is 2.85 bits per heavy atom. The van der Waals surface area contributed by atoms with E-state index < -0.39 is 0 Å². The van der Waals surface area contributed by atoms with Crippen LogP contribution < -0.4 is 4.90 Å². The van der Waals surface area contributed by atoms with E-state index in [0.29, 0.717) is 6.61 Å². The van der Waals surface area contributed by atoms with Gasteiger partial charge in [-0.2, -0.15) is 0 Å². The average Bonchev–Trinajstić information content (AvgIpc) is 3.15. The molecule has 1 saturated heterocycles. The Morgan fingerprint density at radius 1 is 1.15 bits per heavy atom. The van der Waals surface area contributed by atoms with Crippen LogP contribution in [0.4, 0.5) is 5.13 Å². The van der Waals surface area contributed by atoms with Gasteiger partial charge in [0.1, 0.15) is 11.8 Å². The summed E-state index contributed by atoms with van der Waals surface area (Å²) in [6.45, 7) is 7.89. The van der Waals surface area contributed by atoms with Crippen LogP contribution in [0.1, 0.15) is 29.7 Å². The maximum absolute atomic E-state index is 6.16. The fourth-order valence-electron chi connectivity index (χ4n) is 3.24. The van der Waals surface area contributed by atoms with Crippen molar-refractivity contribution >= 4 is 16.5 Å². The topological polar surface area (TPSA) is 51.1 Å². The van der Waals surface area contributed by atoms with E-state index in [1.807, 2.05) is 18.2 Å². The van der Waals surface area contributed by atoms with Crippen molar-refractivity contribution in [1.82, 2.24) is 15.2 Å². The summed E-state index contributed by atoms with van der Waals surface area (Å²) in [5, 5.41) is 10.6. The first kappa shape index (κ1) is 17.1. The molecule has 5 nitrogen and oxygen atoms in total. The Hall–Kier alpha value is -2.31. The summed E-state index contributed by atoms with van der Waals surface area (Å²) in [5.74, 6) is 0. The summed E-state index contributed by atoms with van der Waals surface area (Å²) >= 11 is 1.59. The van der Waals surface area contributed by atoms with E-state index in [2.05, 4.69) is 59.1 Å². The molecule has 0 bridgehead atoms. The summed E-state index contributed by atoms with van der Waals surface area (Å²) in [6, 6.07) is 12.6. The fourth-order valence-corrected chi connectivity index (χ4v) is 4.18. The smallest absolute Gasteiger partial charge is 0.209 e. The van der Waals surface area contributed by atoms with Gasteiger partial charge in [0.2, 0.25) is 5.13 Å². The molecule has 3 aromatic rings. The number of morpholine rings is 1. The molecule has 0 radical (unpaired) electrons. The lowest BCUT2D eigenvalue weighted by molar-refractivity contribution is 0.0211. The molecule has 4 rings (SSSR count). The normalized spacial score (nSPS) is 20.3. The van der Waals surface area contributed by atoms with Crippen molar-refractivity contribution in [3.63, 3.8) is 0 Å². The van der Waals surface area contributed by atoms with Gasteiger partial charge in [-0.3, -0.25) is 4.98 Å². The maximum Gasteiger partial charge on any atom is 0.209 e. The monoisotopic (exact) mass is 366 g/mol. The minimum absolute atomic E-state index is 0.0494. The van der Waals surface area contributed by atoms with Crippen molar-refractivity contribution < 1.29 is 4.74 Å². The number of hydrogen-bond acceptors (Lipinski definition) is 6. The van der Waals surface area contributed by atoms with Crippen molar-refractivity contribution in [2.24, 2.45) is 0 Å². The summed E-state index contributed by atoms with van der Waals surface area (Å²) in [6.07, 6.45) is 1.83. The number of aryl methyl sites for hydroxylation is 2. The lowest BCUT2D eigenvalue weighted by Gasteiger charge is -2.38. The van der Waals surface area contributed by atoms with Gasteiger partial charge < -0.3 is 9.64 Å². The number of ether oxygens (including phenoxy) is 1. The number of benzene rings is 1. The molecular weight excluding hydrogens is 344 g/mol. The maximum atomic E-state index is 6.16. The Bertz CT molecular complexity index is 896. The van der Waals surface area contributed by atoms with Crippen LogP contribution in [-0.4, -0.2) is 34.4 Å². The molecule has 2 aromatic heterocycles. The van der Waals surface area contributed by atoms with Gasteiger partial charge in [0.05, 0.1) is 19.2 Å². The lowest BCUT2D eigenvalue weighted by Crippen LogP contribution is -2.45. The second kappa shape index (κ2) is 7.13. The van der Waals surface area contributed by atoms with Gasteiger partial charge in [-0.1, -0.05) is 41.2 Å². The van der Waals surface area contributed by atoms with E-state index in [0.717, 1.165) is 22.4 Å². The van der Waals surface area contributed by atoms with Crippen LogP contribution >= 0.6 is 11.3 Å². The van der Waals surface area contributed by atoms with E-state index in [1.54, 1.807) is 17.5 Å². The van der Waals surface area contributed by atoms with Crippen molar-refractivity contribution in [3.8, 4) is 10.7 Å². The summed E-state index contributed by atoms with van der Waals surface area (Å²) < 4.78 is 6.16. The second-order valence-corrected chi connectivity index (χ2v) is 7.74. The first-order chi connectivity index (χ1) is 12.6. The van der Waals surface area contributed by atoms with E-state index in [9.17, 15) is 0 Å². The first-order valence-electron chi connectivity index (χ1n) is 8.82. The summed E-state index contributed by atoms with van der Waals surface area (Å²) in [7, 11) is 0. The Morgan fingerprint density at radius 2 is 2.04 bits per heavy atom. The van der Waals surface area contributed by atoms with E-state index in [1.165, 1.54) is 16.7 Å². The van der Waals surface area contributed by atoms with Crippen LogP contribution in [0.5, 0.6) is 0 Å². The number of anilines is 1. The molecule has 0 spiro atoms. The van der Waals surface area contributed by atoms with Crippen LogP contribution in [0, 0.1) is 13.8 Å². The number of pyridine rings is 1. The molecule has 134 valence electrons. The van der Waals surface area contributed by atoms with Crippen molar-refractivity contribution in [3.05, 3.63) is 59.3 Å². The molecule has 0 saturated carbocycles. The third kappa shape index (κ3) is 3.34. The largest absolute Gasteiger partial charge is 0.370 e. The van der Waals surface area contributed by atoms with Crippen LogP contribution in [-0.2, 0) is 4.74 Å². The second-order valence-electron chi connectivity index (χ2n) is 6.79. The number of nitrogens with zero attached hydrogens (tertiary/aromatic N) is 4. The van der Waals surface area contributed by atoms with Gasteiger partial charge in [0.25, 0.3) is 0 Å². The molecule has 0 N–H and O–H groups in total. The van der Waals surface area contributed by atoms with Gasteiger partial charge in [-0.15, -0.1) is 10.2 Å². The minimum Gasteiger partial charge on any atom is -0.370 e. The first-order valence-corrected chi connectivity index (χ1v) is 9.64. The Kier molecular flexibility index (Phi) is 4.70. The van der Waals surface area contributed by atoms with E-state index >= 15 is 0 Å². The summed E-state index contributed by atoms with van der Waals surface area (Å²) in [4.78, 5) is 6.68. The van der Waals surface area contributed by atoms with Gasteiger partial charge in [0.15, 0.2) is 5.01 Å². The third-order valence-electron chi connectivity index (χ3n) is 4.76. The highest BCUT2D eigenvalue weighted by molar-refractivity contribution is 7.18. The molecule has 1 aliphatic rings. The molecule has 2 atom stereocenters. The molecule has 26 heavy (non-hydrogen) atoms. The zero-order chi connectivity index (χ0) is 18.1. The van der Waals surface area contributed by atoms with Crippen molar-refractivity contribution in [2.75, 3.05) is 18.1 Å². The lowest BCUT2D eigenvalue weighted by atomic mass is 9.99. The number of aromatic nitrogens is 3. The number of hydrogen-bond donors (Lipinski definition) is 0. The standard InChI is InChI=1S/C20H22N4OS/c1-13-7-8-14(2)16(10-13)18-11-24(15(3)12-25-18)20-23-22-19(26-20)17-6-4-5-9-21-17/h4-10,15,18H,11-12H2,1-3H3/t15-,18-/m0/s1. The molecule has 3 heterocycles. The van der Waals surface area contributed by atoms with Crippen LogP contribution in [0.3, 0.4) is 0 Å². The minimum atomic E-state index is 0.0494. The molecule has 1 aliphatic heterocycles. The van der Waals surface area contributed by atoms with Gasteiger partial charge >= 0.3 is 0 Å². The zero-order valence-corrected chi connectivity index (χ0v) is 16.0. The van der Waals surface area contributed by atoms with Gasteiger partial charge in [-0.05, 0) is 44.0 Å². The predicted molar refractivity (Wildman–Crippen MR) is 105 cm³/mol. The quantitative estimate of drug-likeness (QED) is 0.696. The molecule has 1 aromatic carbocycles. The molecule has 6 heteroatoms. The highest BCUT2D eigenvalue weighted by Gasteiger charge is 2.30. The van der Waals surface area contributed by atoms with Gasteiger partial charge in [0, 0.05) is 6.20 Å². The molecule has 1 fully saturated rings. The van der Waals surface area contributed by atoms with Crippen LogP contribution in [0.2, 0.25) is 0 Å². The number of rotatable bonds is 3. The molecule has 0 aliphatic carbocycles. The predicted octanol–water partition coefficient (Wildman–Crippen LogP) is 4.18. The molecule has 0 unspecified atom stereocenters. The van der Waals surface area contributed by atoms with Crippen molar-refractivity contribution in [1.29, 1.82) is 0 Å². The van der Waals surface area contributed by atoms with E-state index in [4.69, 9.17) is 4.74 Å². The summed E-state index contributed by atoms with van der Waals surface area (Å²) in [5.41, 5.74) is 4.65. The fraction of sp³-hybridized carbons (Fsp3) is 0.350. The SMILES string of the molecule is Cc1ccc(C)c([C@@H]2CN(c3nnc(-c4ccccn4)s3)[C@@H](C)CO2)c1. The molecule has 0 amide bonds. The van der Waals surface area contributed by atoms with Gasteiger partial charge in [-0.25, -0.2) is 0 Å². The Labute approximate surface area is 157 Å². The Balaban J connectivity index is 1.60. The highest BCUT2D eigenvalue weighted by atomic mass is 32.1. The van der Waals surface area contributed by atoms with E-state index in [-0.39, 0.29) is 12.1 Å².